The molecule has 0 spiro atoms. The third kappa shape index (κ3) is 3.51. The summed E-state index contributed by atoms with van der Waals surface area (Å²) in [5.41, 5.74) is 1.65. The lowest BCUT2D eigenvalue weighted by molar-refractivity contribution is 0.420. The number of nitriles is 1. The first kappa shape index (κ1) is 16.7. The van der Waals surface area contributed by atoms with Gasteiger partial charge in [-0.15, -0.1) is 11.8 Å². The molecule has 0 saturated carbocycles. The minimum atomic E-state index is -0.0717. The van der Waals surface area contributed by atoms with E-state index in [0.29, 0.717) is 15.9 Å². The van der Waals surface area contributed by atoms with E-state index in [0.717, 1.165) is 15.9 Å². The van der Waals surface area contributed by atoms with Gasteiger partial charge in [0.25, 0.3) is 0 Å². The molecule has 120 valence electrons. The Morgan fingerprint density at radius 1 is 1.25 bits per heavy atom. The number of aliphatic hydroxyl groups is 1. The van der Waals surface area contributed by atoms with Gasteiger partial charge in [-0.3, -0.25) is 0 Å². The molecule has 0 radical (unpaired) electrons. The van der Waals surface area contributed by atoms with Crippen LogP contribution in [0.4, 0.5) is 0 Å². The van der Waals surface area contributed by atoms with Crippen molar-refractivity contribution in [2.24, 2.45) is 0 Å². The largest absolute Gasteiger partial charge is 0.510 e. The number of thioether (sulfide) groups is 1. The van der Waals surface area contributed by atoms with Crippen molar-refractivity contribution in [1.82, 2.24) is 9.97 Å². The molecule has 0 unspecified atom stereocenters. The maximum atomic E-state index is 10.3. The highest BCUT2D eigenvalue weighted by molar-refractivity contribution is 7.99. The lowest BCUT2D eigenvalue weighted by Crippen LogP contribution is -1.95. The SMILES string of the molecule is N#C/C(=C(/O)CSc1cc(Cl)ccc1Cl)c1nc2ccccc2[nH]1. The average molecular weight is 376 g/mol. The van der Waals surface area contributed by atoms with E-state index in [1.54, 1.807) is 18.2 Å². The molecule has 2 aromatic carbocycles. The Balaban J connectivity index is 1.87. The lowest BCUT2D eigenvalue weighted by Gasteiger charge is -2.05. The molecule has 0 aliphatic heterocycles. The van der Waals surface area contributed by atoms with Gasteiger partial charge in [-0.05, 0) is 30.3 Å². The zero-order chi connectivity index (χ0) is 17.1. The van der Waals surface area contributed by atoms with Crippen molar-refractivity contribution in [1.29, 1.82) is 5.26 Å². The molecule has 7 heteroatoms. The van der Waals surface area contributed by atoms with E-state index in [2.05, 4.69) is 9.97 Å². The topological polar surface area (TPSA) is 72.7 Å². The van der Waals surface area contributed by atoms with Crippen molar-refractivity contribution in [3.8, 4) is 6.07 Å². The Bertz CT molecular complexity index is 942. The van der Waals surface area contributed by atoms with Crippen LogP contribution >= 0.6 is 35.0 Å². The predicted octanol–water partition coefficient (Wildman–Crippen LogP) is 5.45. The summed E-state index contributed by atoms with van der Waals surface area (Å²) in [6.07, 6.45) is 0. The third-order valence-electron chi connectivity index (χ3n) is 3.28. The average Bonchev–Trinajstić information content (AvgIpc) is 3.00. The maximum Gasteiger partial charge on any atom is 0.152 e. The van der Waals surface area contributed by atoms with Crippen molar-refractivity contribution in [2.75, 3.05) is 5.75 Å². The minimum absolute atomic E-state index is 0.0717. The molecule has 1 heterocycles. The van der Waals surface area contributed by atoms with Gasteiger partial charge in [0, 0.05) is 9.92 Å². The maximum absolute atomic E-state index is 10.3. The molecule has 0 fully saturated rings. The number of hydrogen-bond donors (Lipinski definition) is 2. The predicted molar refractivity (Wildman–Crippen MR) is 98.4 cm³/mol. The van der Waals surface area contributed by atoms with Gasteiger partial charge in [-0.2, -0.15) is 5.26 Å². The second-order valence-electron chi connectivity index (χ2n) is 4.90. The second kappa shape index (κ2) is 7.18. The van der Waals surface area contributed by atoms with Crippen LogP contribution in [0.2, 0.25) is 10.0 Å². The molecule has 1 aromatic heterocycles. The number of halogens is 2. The fourth-order valence-electron chi connectivity index (χ4n) is 2.13. The molecule has 3 rings (SSSR count). The van der Waals surface area contributed by atoms with Gasteiger partial charge in [-0.1, -0.05) is 35.3 Å². The van der Waals surface area contributed by atoms with Crippen molar-refractivity contribution < 1.29 is 5.11 Å². The zero-order valence-corrected chi connectivity index (χ0v) is 14.6. The molecular formula is C17H11Cl2N3OS. The fourth-order valence-corrected chi connectivity index (χ4v) is 3.50. The zero-order valence-electron chi connectivity index (χ0n) is 12.3. The third-order valence-corrected chi connectivity index (χ3v) is 5.03. The van der Waals surface area contributed by atoms with Gasteiger partial charge in [0.2, 0.25) is 0 Å². The summed E-state index contributed by atoms with van der Waals surface area (Å²) in [6, 6.07) is 14.5. The van der Waals surface area contributed by atoms with Crippen molar-refractivity contribution in [2.45, 2.75) is 4.90 Å². The van der Waals surface area contributed by atoms with E-state index in [1.807, 2.05) is 30.3 Å². The summed E-state index contributed by atoms with van der Waals surface area (Å²) < 4.78 is 0. The number of rotatable bonds is 4. The molecule has 2 N–H and O–H groups in total. The highest BCUT2D eigenvalue weighted by Gasteiger charge is 2.14. The molecule has 24 heavy (non-hydrogen) atoms. The number of hydrogen-bond acceptors (Lipinski definition) is 4. The van der Waals surface area contributed by atoms with Crippen molar-refractivity contribution in [3.05, 3.63) is 64.1 Å². The van der Waals surface area contributed by atoms with E-state index in [1.165, 1.54) is 11.8 Å². The Morgan fingerprint density at radius 2 is 2.04 bits per heavy atom. The first-order valence-electron chi connectivity index (χ1n) is 6.93. The Morgan fingerprint density at radius 3 is 2.79 bits per heavy atom. The fraction of sp³-hybridized carbons (Fsp3) is 0.0588. The molecule has 0 aliphatic rings. The summed E-state index contributed by atoms with van der Waals surface area (Å²) in [6.45, 7) is 0. The monoisotopic (exact) mass is 375 g/mol. The molecule has 3 aromatic rings. The summed E-state index contributed by atoms with van der Waals surface area (Å²) in [5, 5.41) is 20.8. The van der Waals surface area contributed by atoms with E-state index in [-0.39, 0.29) is 17.1 Å². The van der Waals surface area contributed by atoms with Crippen LogP contribution in [0.1, 0.15) is 5.82 Å². The molecule has 4 nitrogen and oxygen atoms in total. The van der Waals surface area contributed by atoms with Gasteiger partial charge in [-0.25, -0.2) is 4.98 Å². The summed E-state index contributed by atoms with van der Waals surface area (Å²) in [4.78, 5) is 8.11. The second-order valence-corrected chi connectivity index (χ2v) is 6.76. The number of nitrogens with zero attached hydrogens (tertiary/aromatic N) is 2. The van der Waals surface area contributed by atoms with Crippen LogP contribution in [-0.2, 0) is 0 Å². The first-order chi connectivity index (χ1) is 11.6. The van der Waals surface area contributed by atoms with E-state index >= 15 is 0 Å². The molecule has 0 aliphatic carbocycles. The van der Waals surface area contributed by atoms with Crippen LogP contribution < -0.4 is 0 Å². The highest BCUT2D eigenvalue weighted by Crippen LogP contribution is 2.31. The number of para-hydroxylation sites is 2. The van der Waals surface area contributed by atoms with Gasteiger partial charge in [0.1, 0.15) is 17.4 Å². The number of fused-ring (bicyclic) bond motifs is 1. The van der Waals surface area contributed by atoms with Crippen LogP contribution in [0.3, 0.4) is 0 Å². The Labute approximate surface area is 152 Å². The quantitative estimate of drug-likeness (QED) is 0.361. The number of allylic oxidation sites excluding steroid dienone is 1. The number of H-pyrrole nitrogens is 1. The smallest absolute Gasteiger partial charge is 0.152 e. The van der Waals surface area contributed by atoms with Crippen LogP contribution in [0.15, 0.2) is 53.1 Å². The van der Waals surface area contributed by atoms with Gasteiger partial charge in [0.15, 0.2) is 5.82 Å². The van der Waals surface area contributed by atoms with Crippen LogP contribution in [0, 0.1) is 11.3 Å². The molecule has 0 atom stereocenters. The Hall–Kier alpha value is -2.13. The van der Waals surface area contributed by atoms with Crippen LogP contribution in [0.5, 0.6) is 0 Å². The van der Waals surface area contributed by atoms with E-state index in [4.69, 9.17) is 23.2 Å². The Kier molecular flexibility index (Phi) is 5.00. The van der Waals surface area contributed by atoms with Crippen molar-refractivity contribution in [3.63, 3.8) is 0 Å². The number of aliphatic hydroxyl groups excluding tert-OH is 1. The van der Waals surface area contributed by atoms with Gasteiger partial charge < -0.3 is 10.1 Å². The van der Waals surface area contributed by atoms with E-state index < -0.39 is 0 Å². The van der Waals surface area contributed by atoms with Crippen LogP contribution in [-0.4, -0.2) is 20.8 Å². The highest BCUT2D eigenvalue weighted by atomic mass is 35.5. The molecule has 0 bridgehead atoms. The molecule has 0 saturated heterocycles. The van der Waals surface area contributed by atoms with Crippen molar-refractivity contribution >= 4 is 51.6 Å². The lowest BCUT2D eigenvalue weighted by atomic mass is 10.2. The number of aromatic amines is 1. The number of benzene rings is 2. The normalized spacial score (nSPS) is 12.0. The number of aromatic nitrogens is 2. The van der Waals surface area contributed by atoms with Gasteiger partial charge >= 0.3 is 0 Å². The van der Waals surface area contributed by atoms with Gasteiger partial charge in [0.05, 0.1) is 21.8 Å². The van der Waals surface area contributed by atoms with E-state index in [9.17, 15) is 10.4 Å². The first-order valence-corrected chi connectivity index (χ1v) is 8.68. The summed E-state index contributed by atoms with van der Waals surface area (Å²) in [7, 11) is 0. The standard InChI is InChI=1S/C17H11Cl2N3OS/c18-10-5-6-12(19)16(7-10)24-9-15(23)11(8-20)17-21-13-3-1-2-4-14(13)22-17/h1-7,23H,9H2,(H,21,22)/b15-11-. The van der Waals surface area contributed by atoms with Crippen LogP contribution in [0.25, 0.3) is 16.6 Å². The summed E-state index contributed by atoms with van der Waals surface area (Å²) in [5.74, 6) is 0.451. The minimum Gasteiger partial charge on any atom is -0.510 e. The number of nitrogens with one attached hydrogen (secondary N) is 1. The molecular weight excluding hydrogens is 365 g/mol. The molecule has 0 amide bonds. The summed E-state index contributed by atoms with van der Waals surface area (Å²) >= 11 is 13.3. The number of imidazole rings is 1.